The number of isocyanates is 1. The third-order valence-electron chi connectivity index (χ3n) is 0.513. The van der Waals surface area contributed by atoms with Crippen molar-refractivity contribution in [2.24, 2.45) is 14.3 Å². The third-order valence-corrected chi connectivity index (χ3v) is 2.27. The van der Waals surface area contributed by atoms with Gasteiger partial charge in [-0.05, 0) is 36.7 Å². The van der Waals surface area contributed by atoms with Crippen LogP contribution in [0.15, 0.2) is 14.3 Å². The lowest BCUT2D eigenvalue weighted by Crippen LogP contribution is -1.64. The van der Waals surface area contributed by atoms with E-state index in [1.807, 2.05) is 15.5 Å². The minimum absolute atomic E-state index is 0.750. The van der Waals surface area contributed by atoms with E-state index in [0.717, 1.165) is 6.08 Å². The van der Waals surface area contributed by atoms with Crippen molar-refractivity contribution in [3.8, 4) is 0 Å². The molecule has 0 aromatic carbocycles. The first-order valence-electron chi connectivity index (χ1n) is 2.52. The molecule has 0 radical (unpaired) electrons. The summed E-state index contributed by atoms with van der Waals surface area (Å²) >= 11 is 12.6. The molecule has 0 aromatic heterocycles. The quantitative estimate of drug-likeness (QED) is 0.365. The van der Waals surface area contributed by atoms with Crippen molar-refractivity contribution in [3.05, 3.63) is 0 Å². The van der Waals surface area contributed by atoms with Gasteiger partial charge in [0.25, 0.3) is 0 Å². The second-order valence-corrected chi connectivity index (χ2v) is 3.36. The number of hydrogen-bond acceptors (Lipinski definition) is 6. The largest absolute Gasteiger partial charge is 0.441 e. The first-order chi connectivity index (χ1) is 6.60. The van der Waals surface area contributed by atoms with Gasteiger partial charge in [-0.2, -0.15) is 0 Å². The van der Waals surface area contributed by atoms with Crippen molar-refractivity contribution in [2.45, 2.75) is 0 Å². The Labute approximate surface area is 94.9 Å². The standard InChI is InChI=1S/C3N3OPS3.CHNO/c7-8(4-1-9,5-2-10)6-3-11;2-1-3/h;2H. The highest BCUT2D eigenvalue weighted by atomic mass is 32.1. The highest BCUT2D eigenvalue weighted by Crippen LogP contribution is 2.49. The molecule has 0 aliphatic rings. The van der Waals surface area contributed by atoms with Gasteiger partial charge in [0.1, 0.15) is 0 Å². The number of nitrogens with zero attached hydrogens (tertiary/aromatic N) is 3. The second-order valence-electron chi connectivity index (χ2n) is 1.19. The van der Waals surface area contributed by atoms with Crippen LogP contribution in [0.25, 0.3) is 0 Å². The van der Waals surface area contributed by atoms with Gasteiger partial charge in [0, 0.05) is 0 Å². The zero-order valence-electron chi connectivity index (χ0n) is 6.33. The molecule has 0 aromatic rings. The van der Waals surface area contributed by atoms with Crippen LogP contribution in [0.4, 0.5) is 0 Å². The van der Waals surface area contributed by atoms with Crippen LogP contribution in [-0.2, 0) is 9.36 Å². The summed E-state index contributed by atoms with van der Waals surface area (Å²) < 4.78 is 20.6. The van der Waals surface area contributed by atoms with Gasteiger partial charge in [-0.15, -0.1) is 14.3 Å². The fraction of sp³-hybridized carbons (Fsp3) is 0. The average Bonchev–Trinajstić information content (AvgIpc) is 2.06. The molecule has 14 heavy (non-hydrogen) atoms. The summed E-state index contributed by atoms with van der Waals surface area (Å²) in [5.41, 5.74) is 0. The molecule has 1 N–H and O–H groups in total. The Morgan fingerprint density at radius 1 is 1.00 bits per heavy atom. The lowest BCUT2D eigenvalue weighted by atomic mass is 11.7. The summed E-state index contributed by atoms with van der Waals surface area (Å²) in [6.45, 7) is 0. The highest BCUT2D eigenvalue weighted by Gasteiger charge is 2.15. The topological polar surface area (TPSA) is 95.1 Å². The second kappa shape index (κ2) is 10.1. The van der Waals surface area contributed by atoms with Gasteiger partial charge in [0.05, 0.1) is 15.5 Å². The molecule has 6 nitrogen and oxygen atoms in total. The molecule has 0 saturated heterocycles. The molecule has 0 bridgehead atoms. The fourth-order valence-corrected chi connectivity index (χ4v) is 1.64. The maximum atomic E-state index is 11.1. The summed E-state index contributed by atoms with van der Waals surface area (Å²) in [7, 11) is -3.49. The van der Waals surface area contributed by atoms with E-state index in [4.69, 9.17) is 10.2 Å². The Kier molecular flexibility index (Phi) is 11.2. The molecule has 0 aliphatic heterocycles. The van der Waals surface area contributed by atoms with E-state index in [1.54, 1.807) is 0 Å². The zero-order chi connectivity index (χ0) is 11.4. The van der Waals surface area contributed by atoms with Crippen molar-refractivity contribution in [1.29, 1.82) is 5.41 Å². The van der Waals surface area contributed by atoms with Crippen molar-refractivity contribution < 1.29 is 9.36 Å². The zero-order valence-corrected chi connectivity index (χ0v) is 9.67. The van der Waals surface area contributed by atoms with Crippen molar-refractivity contribution in [3.63, 3.8) is 0 Å². The first-order valence-corrected chi connectivity index (χ1v) is 5.31. The van der Waals surface area contributed by atoms with E-state index in [9.17, 15) is 4.57 Å². The Hall–Kier alpha value is -0.990. The molecule has 0 aliphatic carbocycles. The number of thiocarbonyl (C=S) groups is 3. The molecule has 72 valence electrons. The molecule has 0 heterocycles. The fourth-order valence-electron chi connectivity index (χ4n) is 0.227. The van der Waals surface area contributed by atoms with E-state index in [1.165, 1.54) is 0 Å². The lowest BCUT2D eigenvalue weighted by Gasteiger charge is -1.90. The van der Waals surface area contributed by atoms with Crippen LogP contribution in [0.2, 0.25) is 0 Å². The van der Waals surface area contributed by atoms with E-state index in [2.05, 4.69) is 50.9 Å². The lowest BCUT2D eigenvalue weighted by molar-refractivity contribution is 0.562. The predicted molar refractivity (Wildman–Crippen MR) is 61.1 cm³/mol. The van der Waals surface area contributed by atoms with Crippen LogP contribution >= 0.6 is 44.2 Å². The summed E-state index contributed by atoms with van der Waals surface area (Å²) in [6, 6.07) is 0. The van der Waals surface area contributed by atoms with Gasteiger partial charge < -0.3 is 0 Å². The molecule has 0 unspecified atom stereocenters. The molecular formula is C4HN4O2PS3. The Bertz CT molecular complexity index is 358. The number of nitrogens with one attached hydrogen (secondary N) is 1. The summed E-state index contributed by atoms with van der Waals surface area (Å²) in [5.74, 6) is 0. The van der Waals surface area contributed by atoms with Crippen LogP contribution in [0.1, 0.15) is 0 Å². The third kappa shape index (κ3) is 9.10. The first kappa shape index (κ1) is 15.5. The molecule has 0 atom stereocenters. The highest BCUT2D eigenvalue weighted by molar-refractivity contribution is 7.80. The molecule has 0 amide bonds. The van der Waals surface area contributed by atoms with Gasteiger partial charge in [0.15, 0.2) is 0 Å². The van der Waals surface area contributed by atoms with Crippen LogP contribution < -0.4 is 0 Å². The minimum Gasteiger partial charge on any atom is -0.242 e. The average molecular weight is 264 g/mol. The van der Waals surface area contributed by atoms with E-state index in [0.29, 0.717) is 0 Å². The smallest absolute Gasteiger partial charge is 0.242 e. The molecule has 0 saturated carbocycles. The van der Waals surface area contributed by atoms with Gasteiger partial charge in [-0.25, -0.2) is 14.8 Å². The van der Waals surface area contributed by atoms with Crippen molar-refractivity contribution >= 4 is 65.8 Å². The van der Waals surface area contributed by atoms with Gasteiger partial charge in [-0.1, -0.05) is 0 Å². The summed E-state index contributed by atoms with van der Waals surface area (Å²) in [4.78, 5) is 8.35. The Morgan fingerprint density at radius 2 is 1.21 bits per heavy atom. The molecule has 0 fully saturated rings. The Balaban J connectivity index is 0. The molecule has 0 spiro atoms. The normalized spacial score (nSPS) is 10.6. The van der Waals surface area contributed by atoms with Crippen LogP contribution in [0.3, 0.4) is 0 Å². The van der Waals surface area contributed by atoms with Crippen molar-refractivity contribution in [2.75, 3.05) is 0 Å². The Morgan fingerprint density at radius 3 is 1.36 bits per heavy atom. The maximum Gasteiger partial charge on any atom is 0.441 e. The van der Waals surface area contributed by atoms with Gasteiger partial charge in [0.2, 0.25) is 6.08 Å². The van der Waals surface area contributed by atoms with E-state index in [-0.39, 0.29) is 0 Å². The summed E-state index contributed by atoms with van der Waals surface area (Å²) in [5, 5.41) is 11.0. The minimum atomic E-state index is -3.49. The van der Waals surface area contributed by atoms with Crippen LogP contribution in [0, 0.1) is 5.41 Å². The van der Waals surface area contributed by atoms with Gasteiger partial charge in [-0.3, -0.25) is 0 Å². The number of rotatable bonds is 3. The molecule has 0 rings (SSSR count). The number of isothiocyanates is 3. The summed E-state index contributed by atoms with van der Waals surface area (Å²) in [6.07, 6.45) is 0.750. The molecule has 10 heteroatoms. The van der Waals surface area contributed by atoms with Crippen LogP contribution in [-0.4, -0.2) is 21.6 Å². The van der Waals surface area contributed by atoms with E-state index >= 15 is 0 Å². The number of hydrogen-bond donors (Lipinski definition) is 1. The van der Waals surface area contributed by atoms with E-state index < -0.39 is 7.59 Å². The number of carbonyl (C=O) groups excluding carboxylic acids is 1. The maximum absolute atomic E-state index is 11.1. The molecular weight excluding hydrogens is 263 g/mol. The van der Waals surface area contributed by atoms with Gasteiger partial charge >= 0.3 is 7.59 Å². The SMILES string of the molecule is N=C=O.O=P(N=C=S)(N=C=S)N=C=S. The predicted octanol–water partition coefficient (Wildman–Crippen LogP) is 2.30. The van der Waals surface area contributed by atoms with Crippen molar-refractivity contribution in [1.82, 2.24) is 0 Å². The monoisotopic (exact) mass is 264 g/mol. The van der Waals surface area contributed by atoms with Crippen LogP contribution in [0.5, 0.6) is 0 Å².